The molecule has 0 atom stereocenters. The van der Waals surface area contributed by atoms with Crippen molar-refractivity contribution in [1.29, 1.82) is 5.26 Å². The summed E-state index contributed by atoms with van der Waals surface area (Å²) in [7, 11) is 0. The number of fused-ring (bicyclic) bond motifs is 5. The molecule has 1 N–H and O–H groups in total. The standard InChI is InChI=1S/C28H24N3S.C13H24O2.Ir/c1-16-8-17(2)10-19(9-16)25-27-24(20(13-29)14-31-25)22-7-6-18-11-21(12-28(3,4)5)30-15-23(18)26(22)32-27;1-5-10(6-2)12(14)9-13(15)11(7-3)8-4;/h6-9,11,14-15H,12H2,1-5H3;9-11,14H,5-8H2,1-4H3;/q-1;;/b;12-9-;. The summed E-state index contributed by atoms with van der Waals surface area (Å²) in [6.45, 7) is 18.9. The quantitative estimate of drug-likeness (QED) is 0.0908. The van der Waals surface area contributed by atoms with Crippen molar-refractivity contribution in [3.8, 4) is 17.3 Å². The fourth-order valence-electron chi connectivity index (χ4n) is 6.23. The summed E-state index contributed by atoms with van der Waals surface area (Å²) in [4.78, 5) is 21.2. The van der Waals surface area contributed by atoms with Gasteiger partial charge < -0.3 is 10.1 Å². The van der Waals surface area contributed by atoms with Crippen LogP contribution in [0, 0.1) is 48.5 Å². The Bertz CT molecular complexity index is 1950. The molecule has 255 valence electrons. The number of ketones is 1. The van der Waals surface area contributed by atoms with E-state index in [2.05, 4.69) is 77.1 Å². The zero-order valence-electron chi connectivity index (χ0n) is 29.7. The maximum Gasteiger partial charge on any atom is 0.162 e. The average molecular weight is 839 g/mol. The molecule has 3 heterocycles. The van der Waals surface area contributed by atoms with Crippen molar-refractivity contribution >= 4 is 48.1 Å². The van der Waals surface area contributed by atoms with Gasteiger partial charge in [0.2, 0.25) is 0 Å². The van der Waals surface area contributed by atoms with Crippen LogP contribution in [0.3, 0.4) is 0 Å². The first-order valence-corrected chi connectivity index (χ1v) is 17.6. The van der Waals surface area contributed by atoms with Crippen LogP contribution in [-0.2, 0) is 31.3 Å². The number of rotatable bonds is 9. The third-order valence-electron chi connectivity index (χ3n) is 8.74. The van der Waals surface area contributed by atoms with Gasteiger partial charge in [-0.15, -0.1) is 46.2 Å². The molecule has 0 aliphatic rings. The van der Waals surface area contributed by atoms with Crippen LogP contribution in [-0.4, -0.2) is 20.9 Å². The van der Waals surface area contributed by atoms with E-state index in [0.717, 1.165) is 80.2 Å². The fraction of sp³-hybridized carbons (Fsp3) is 0.415. The minimum absolute atomic E-state index is 0. The molecule has 48 heavy (non-hydrogen) atoms. The molecule has 0 saturated carbocycles. The number of aliphatic hydroxyl groups is 1. The maximum absolute atomic E-state index is 11.7. The Labute approximate surface area is 303 Å². The predicted molar refractivity (Wildman–Crippen MR) is 198 cm³/mol. The van der Waals surface area contributed by atoms with E-state index in [1.54, 1.807) is 17.5 Å². The molecular formula is C41H48IrN3O2S-. The normalized spacial score (nSPS) is 11.9. The Morgan fingerprint density at radius 1 is 0.958 bits per heavy atom. The van der Waals surface area contributed by atoms with Gasteiger partial charge in [0, 0.05) is 87.4 Å². The number of carbonyl (C=O) groups excluding carboxylic acids is 1. The molecule has 0 aliphatic heterocycles. The summed E-state index contributed by atoms with van der Waals surface area (Å²) in [5.74, 6) is 0.547. The number of aliphatic hydroxyl groups excluding tert-OH is 1. The van der Waals surface area contributed by atoms with Gasteiger partial charge in [-0.25, -0.2) is 0 Å². The topological polar surface area (TPSA) is 86.9 Å². The number of allylic oxidation sites excluding steroid dienone is 2. The van der Waals surface area contributed by atoms with Crippen molar-refractivity contribution < 1.29 is 30.0 Å². The molecule has 3 aromatic heterocycles. The van der Waals surface area contributed by atoms with Gasteiger partial charge in [0.1, 0.15) is 6.07 Å². The molecule has 5 rings (SSSR count). The van der Waals surface area contributed by atoms with Gasteiger partial charge in [-0.1, -0.05) is 74.4 Å². The number of pyridine rings is 2. The van der Waals surface area contributed by atoms with Gasteiger partial charge in [0.05, 0.1) is 11.3 Å². The Hall–Kier alpha value is -3.43. The first kappa shape index (κ1) is 39.0. The number of benzene rings is 2. The second-order valence-electron chi connectivity index (χ2n) is 13.8. The summed E-state index contributed by atoms with van der Waals surface area (Å²) < 4.78 is 2.19. The average Bonchev–Trinajstić information content (AvgIpc) is 3.41. The third-order valence-corrected chi connectivity index (χ3v) is 9.98. The molecular weight excluding hydrogens is 791 g/mol. The van der Waals surface area contributed by atoms with Crippen molar-refractivity contribution in [2.75, 3.05) is 0 Å². The maximum atomic E-state index is 11.7. The minimum Gasteiger partial charge on any atom is -0.512 e. The largest absolute Gasteiger partial charge is 0.512 e. The van der Waals surface area contributed by atoms with Crippen molar-refractivity contribution in [2.45, 2.75) is 94.4 Å². The Morgan fingerprint density at radius 3 is 2.21 bits per heavy atom. The van der Waals surface area contributed by atoms with E-state index in [0.29, 0.717) is 5.56 Å². The summed E-state index contributed by atoms with van der Waals surface area (Å²) in [6, 6.07) is 16.5. The van der Waals surface area contributed by atoms with Crippen LogP contribution >= 0.6 is 11.3 Å². The van der Waals surface area contributed by atoms with E-state index in [9.17, 15) is 15.2 Å². The fourth-order valence-corrected chi connectivity index (χ4v) is 7.57. The molecule has 2 aromatic carbocycles. The van der Waals surface area contributed by atoms with Gasteiger partial charge in [0.25, 0.3) is 0 Å². The molecule has 0 spiro atoms. The number of aromatic nitrogens is 2. The zero-order chi connectivity index (χ0) is 34.5. The van der Waals surface area contributed by atoms with E-state index in [-0.39, 0.29) is 48.9 Å². The van der Waals surface area contributed by atoms with Crippen molar-refractivity contribution in [1.82, 2.24) is 9.97 Å². The number of thiophene rings is 1. The third kappa shape index (κ3) is 8.97. The van der Waals surface area contributed by atoms with Crippen LogP contribution in [0.4, 0.5) is 0 Å². The van der Waals surface area contributed by atoms with Crippen molar-refractivity contribution in [2.24, 2.45) is 17.3 Å². The van der Waals surface area contributed by atoms with Crippen LogP contribution < -0.4 is 0 Å². The van der Waals surface area contributed by atoms with Crippen LogP contribution in [0.15, 0.2) is 54.6 Å². The van der Waals surface area contributed by atoms with E-state index < -0.39 is 0 Å². The molecule has 0 unspecified atom stereocenters. The first-order valence-electron chi connectivity index (χ1n) is 16.8. The van der Waals surface area contributed by atoms with Crippen LogP contribution in [0.5, 0.6) is 0 Å². The van der Waals surface area contributed by atoms with E-state index >= 15 is 0 Å². The Balaban J connectivity index is 0.000000334. The summed E-state index contributed by atoms with van der Waals surface area (Å²) in [6.07, 6.45) is 9.53. The molecule has 5 nitrogen and oxygen atoms in total. The molecule has 1 radical (unpaired) electrons. The van der Waals surface area contributed by atoms with Crippen LogP contribution in [0.1, 0.15) is 96.5 Å². The van der Waals surface area contributed by atoms with E-state index in [1.165, 1.54) is 17.0 Å². The van der Waals surface area contributed by atoms with Gasteiger partial charge in [-0.3, -0.25) is 9.78 Å². The number of hydrogen-bond donors (Lipinski definition) is 1. The molecule has 5 aromatic rings. The van der Waals surface area contributed by atoms with Crippen LogP contribution in [0.2, 0.25) is 0 Å². The Morgan fingerprint density at radius 2 is 1.62 bits per heavy atom. The smallest absolute Gasteiger partial charge is 0.162 e. The molecule has 0 aliphatic carbocycles. The SMILES string of the molecule is CCC(CC)C(=O)/C=C(\O)C(CC)CC.Cc1[c-]c(-c2ncc(C#N)c3c2sc2c4cnc(CC(C)(C)C)cc4ccc23)cc(C)c1.[Ir]. The number of nitrogens with zero attached hydrogens (tertiary/aromatic N) is 3. The second-order valence-corrected chi connectivity index (χ2v) is 14.8. The minimum atomic E-state index is 0. The van der Waals surface area contributed by atoms with Gasteiger partial charge in [-0.05, 0) is 49.0 Å². The monoisotopic (exact) mass is 839 g/mol. The summed E-state index contributed by atoms with van der Waals surface area (Å²) >= 11 is 1.70. The van der Waals surface area contributed by atoms with E-state index in [4.69, 9.17) is 9.97 Å². The summed E-state index contributed by atoms with van der Waals surface area (Å²) in [5.41, 5.74) is 6.02. The summed E-state index contributed by atoms with van der Waals surface area (Å²) in [5, 5.41) is 24.0. The molecule has 0 amide bonds. The second kappa shape index (κ2) is 16.8. The van der Waals surface area contributed by atoms with Gasteiger partial charge >= 0.3 is 0 Å². The number of nitriles is 1. The Kier molecular flexibility index (Phi) is 13.6. The number of aryl methyl sites for hydroxylation is 2. The van der Waals surface area contributed by atoms with E-state index in [1.807, 2.05) is 33.9 Å². The number of hydrogen-bond acceptors (Lipinski definition) is 6. The molecule has 0 saturated heterocycles. The first-order chi connectivity index (χ1) is 22.3. The molecule has 7 heteroatoms. The predicted octanol–water partition coefficient (Wildman–Crippen LogP) is 11.4. The van der Waals surface area contributed by atoms with Crippen molar-refractivity contribution in [3.05, 3.63) is 83.0 Å². The van der Waals surface area contributed by atoms with Gasteiger partial charge in [0.15, 0.2) is 5.78 Å². The number of carbonyl (C=O) groups is 1. The van der Waals surface area contributed by atoms with Crippen LogP contribution in [0.25, 0.3) is 42.2 Å². The van der Waals surface area contributed by atoms with Crippen molar-refractivity contribution in [3.63, 3.8) is 0 Å². The van der Waals surface area contributed by atoms with Gasteiger partial charge in [-0.2, -0.15) is 5.26 Å². The zero-order valence-corrected chi connectivity index (χ0v) is 33.0. The molecule has 0 bridgehead atoms. The molecule has 0 fully saturated rings.